The van der Waals surface area contributed by atoms with Crippen molar-refractivity contribution in [1.29, 1.82) is 0 Å². The van der Waals surface area contributed by atoms with Crippen molar-refractivity contribution in [3.63, 3.8) is 0 Å². The molecule has 5 nitrogen and oxygen atoms in total. The molecular weight excluding hydrogens is 266 g/mol. The van der Waals surface area contributed by atoms with E-state index in [1.165, 1.54) is 5.56 Å². The molecule has 112 valence electrons. The number of carbonyl (C=O) groups excluding carboxylic acids is 2. The molecule has 3 rings (SSSR count). The molecule has 0 bridgehead atoms. The second kappa shape index (κ2) is 5.85. The van der Waals surface area contributed by atoms with Crippen molar-refractivity contribution in [3.8, 4) is 0 Å². The van der Waals surface area contributed by atoms with E-state index in [2.05, 4.69) is 11.4 Å². The van der Waals surface area contributed by atoms with Gasteiger partial charge in [-0.25, -0.2) is 0 Å². The zero-order chi connectivity index (χ0) is 14.8. The fourth-order valence-electron chi connectivity index (χ4n) is 3.22. The summed E-state index contributed by atoms with van der Waals surface area (Å²) >= 11 is 0. The minimum Gasteiger partial charge on any atom is -0.351 e. The van der Waals surface area contributed by atoms with Crippen LogP contribution in [0.2, 0.25) is 0 Å². The van der Waals surface area contributed by atoms with Gasteiger partial charge in [0, 0.05) is 25.9 Å². The Morgan fingerprint density at radius 2 is 2.19 bits per heavy atom. The van der Waals surface area contributed by atoms with Gasteiger partial charge < -0.3 is 16.0 Å². The Kier molecular flexibility index (Phi) is 3.92. The second-order valence-corrected chi connectivity index (χ2v) is 5.84. The smallest absolute Gasteiger partial charge is 0.222 e. The van der Waals surface area contributed by atoms with E-state index in [-0.39, 0.29) is 23.9 Å². The minimum atomic E-state index is -0.140. The van der Waals surface area contributed by atoms with Crippen LogP contribution in [0.3, 0.4) is 0 Å². The first kappa shape index (κ1) is 14.1. The summed E-state index contributed by atoms with van der Waals surface area (Å²) in [4.78, 5) is 25.3. The average Bonchev–Trinajstić information content (AvgIpc) is 3.02. The SMILES string of the molecule is N[C@H]1c2ccccc2C[C@@H]1NC(=O)CCN1CCCC1=O. The van der Waals surface area contributed by atoms with Gasteiger partial charge in [0.25, 0.3) is 0 Å². The van der Waals surface area contributed by atoms with Crippen molar-refractivity contribution in [3.05, 3.63) is 35.4 Å². The molecule has 1 aromatic rings. The van der Waals surface area contributed by atoms with E-state index in [0.29, 0.717) is 19.4 Å². The van der Waals surface area contributed by atoms with Gasteiger partial charge in [-0.1, -0.05) is 24.3 Å². The molecule has 0 radical (unpaired) electrons. The number of nitrogens with one attached hydrogen (secondary N) is 1. The average molecular weight is 287 g/mol. The first-order chi connectivity index (χ1) is 10.1. The molecule has 21 heavy (non-hydrogen) atoms. The van der Waals surface area contributed by atoms with Crippen molar-refractivity contribution in [1.82, 2.24) is 10.2 Å². The van der Waals surface area contributed by atoms with Crippen LogP contribution in [-0.4, -0.2) is 35.8 Å². The summed E-state index contributed by atoms with van der Waals surface area (Å²) in [6.45, 7) is 1.29. The molecule has 1 fully saturated rings. The molecule has 0 spiro atoms. The Bertz CT molecular complexity index is 558. The number of likely N-dealkylation sites (tertiary alicyclic amines) is 1. The lowest BCUT2D eigenvalue weighted by Gasteiger charge is -2.19. The van der Waals surface area contributed by atoms with Crippen LogP contribution in [0, 0.1) is 0 Å². The molecule has 3 N–H and O–H groups in total. The molecule has 1 aliphatic heterocycles. The number of fused-ring (bicyclic) bond motifs is 1. The van der Waals surface area contributed by atoms with E-state index in [4.69, 9.17) is 5.73 Å². The van der Waals surface area contributed by atoms with Gasteiger partial charge >= 0.3 is 0 Å². The second-order valence-electron chi connectivity index (χ2n) is 5.84. The van der Waals surface area contributed by atoms with Crippen LogP contribution in [0.1, 0.15) is 36.4 Å². The van der Waals surface area contributed by atoms with Gasteiger partial charge in [0.2, 0.25) is 11.8 Å². The summed E-state index contributed by atoms with van der Waals surface area (Å²) in [6, 6.07) is 7.87. The first-order valence-electron chi connectivity index (χ1n) is 7.55. The van der Waals surface area contributed by atoms with Gasteiger partial charge in [0.1, 0.15) is 0 Å². The Labute approximate surface area is 124 Å². The molecule has 2 atom stereocenters. The predicted molar refractivity (Wildman–Crippen MR) is 79.4 cm³/mol. The number of rotatable bonds is 4. The molecule has 1 saturated heterocycles. The van der Waals surface area contributed by atoms with E-state index >= 15 is 0 Å². The lowest BCUT2D eigenvalue weighted by atomic mass is 10.1. The maximum atomic E-state index is 12.1. The molecular formula is C16H21N3O2. The third kappa shape index (κ3) is 2.93. The molecule has 1 aliphatic carbocycles. The van der Waals surface area contributed by atoms with E-state index in [1.807, 2.05) is 18.2 Å². The fourth-order valence-corrected chi connectivity index (χ4v) is 3.22. The van der Waals surface area contributed by atoms with Crippen LogP contribution >= 0.6 is 0 Å². The summed E-state index contributed by atoms with van der Waals surface area (Å²) in [5.74, 6) is 0.135. The highest BCUT2D eigenvalue weighted by Crippen LogP contribution is 2.29. The predicted octanol–water partition coefficient (Wildman–Crippen LogP) is 0.740. The van der Waals surface area contributed by atoms with Crippen LogP contribution in [0.5, 0.6) is 0 Å². The topological polar surface area (TPSA) is 75.4 Å². The number of hydrogen-bond acceptors (Lipinski definition) is 3. The molecule has 0 aromatic heterocycles. The molecule has 1 aromatic carbocycles. The lowest BCUT2D eigenvalue weighted by Crippen LogP contribution is -2.42. The van der Waals surface area contributed by atoms with E-state index in [9.17, 15) is 9.59 Å². The fraction of sp³-hybridized carbons (Fsp3) is 0.500. The quantitative estimate of drug-likeness (QED) is 0.857. The third-order valence-corrected chi connectivity index (χ3v) is 4.41. The Morgan fingerprint density at radius 3 is 2.90 bits per heavy atom. The van der Waals surface area contributed by atoms with Crippen LogP contribution in [-0.2, 0) is 16.0 Å². The zero-order valence-corrected chi connectivity index (χ0v) is 12.0. The van der Waals surface area contributed by atoms with E-state index in [0.717, 1.165) is 24.9 Å². The standard InChI is InChI=1S/C16H21N3O2/c17-16-12-5-2-1-4-11(12)10-13(16)18-14(20)7-9-19-8-3-6-15(19)21/h1-2,4-5,13,16H,3,6-10,17H2,(H,18,20)/t13-,16-/m0/s1. The third-order valence-electron chi connectivity index (χ3n) is 4.41. The maximum absolute atomic E-state index is 12.1. The van der Waals surface area contributed by atoms with Gasteiger partial charge in [-0.05, 0) is 24.0 Å². The van der Waals surface area contributed by atoms with Gasteiger partial charge in [-0.15, -0.1) is 0 Å². The first-order valence-corrected chi connectivity index (χ1v) is 7.55. The Hall–Kier alpha value is -1.88. The van der Waals surface area contributed by atoms with Crippen LogP contribution in [0.25, 0.3) is 0 Å². The number of benzene rings is 1. The molecule has 2 aliphatic rings. The van der Waals surface area contributed by atoms with E-state index in [1.54, 1.807) is 4.90 Å². The van der Waals surface area contributed by atoms with Crippen LogP contribution < -0.4 is 11.1 Å². The molecule has 5 heteroatoms. The summed E-state index contributed by atoms with van der Waals surface area (Å²) in [5.41, 5.74) is 8.54. The lowest BCUT2D eigenvalue weighted by molar-refractivity contribution is -0.128. The highest BCUT2D eigenvalue weighted by molar-refractivity contribution is 5.80. The Morgan fingerprint density at radius 1 is 1.38 bits per heavy atom. The zero-order valence-electron chi connectivity index (χ0n) is 12.0. The number of nitrogens with two attached hydrogens (primary N) is 1. The van der Waals surface area contributed by atoms with Gasteiger partial charge in [-0.2, -0.15) is 0 Å². The van der Waals surface area contributed by atoms with Gasteiger partial charge in [0.15, 0.2) is 0 Å². The minimum absolute atomic E-state index is 0.0250. The highest BCUT2D eigenvalue weighted by atomic mass is 16.2. The highest BCUT2D eigenvalue weighted by Gasteiger charge is 2.30. The summed E-state index contributed by atoms with van der Waals surface area (Å²) in [7, 11) is 0. The van der Waals surface area contributed by atoms with Gasteiger partial charge in [-0.3, -0.25) is 9.59 Å². The van der Waals surface area contributed by atoms with Crippen molar-refractivity contribution >= 4 is 11.8 Å². The number of amides is 2. The normalized spacial score (nSPS) is 24.2. The van der Waals surface area contributed by atoms with E-state index < -0.39 is 0 Å². The molecule has 2 amide bonds. The monoisotopic (exact) mass is 287 g/mol. The summed E-state index contributed by atoms with van der Waals surface area (Å²) in [5, 5.41) is 3.01. The molecule has 1 heterocycles. The van der Waals surface area contributed by atoms with Crippen molar-refractivity contribution in [2.75, 3.05) is 13.1 Å². The Balaban J connectivity index is 1.51. The summed E-state index contributed by atoms with van der Waals surface area (Å²) in [6.07, 6.45) is 2.66. The van der Waals surface area contributed by atoms with Crippen molar-refractivity contribution in [2.24, 2.45) is 5.73 Å². The number of nitrogens with zero attached hydrogens (tertiary/aromatic N) is 1. The number of hydrogen-bond donors (Lipinski definition) is 2. The van der Waals surface area contributed by atoms with Gasteiger partial charge in [0.05, 0.1) is 12.1 Å². The van der Waals surface area contributed by atoms with Crippen molar-refractivity contribution < 1.29 is 9.59 Å². The molecule has 0 unspecified atom stereocenters. The summed E-state index contributed by atoms with van der Waals surface area (Å²) < 4.78 is 0. The largest absolute Gasteiger partial charge is 0.351 e. The molecule has 0 saturated carbocycles. The maximum Gasteiger partial charge on any atom is 0.222 e. The van der Waals surface area contributed by atoms with Crippen LogP contribution in [0.4, 0.5) is 0 Å². The van der Waals surface area contributed by atoms with Crippen LogP contribution in [0.15, 0.2) is 24.3 Å². The van der Waals surface area contributed by atoms with Crippen molar-refractivity contribution in [2.45, 2.75) is 37.8 Å². The number of carbonyl (C=O) groups is 2.